The van der Waals surface area contributed by atoms with Crippen LogP contribution >= 0.6 is 15.9 Å². The normalized spacial score (nSPS) is 26.9. The number of aromatic nitrogens is 2. The summed E-state index contributed by atoms with van der Waals surface area (Å²) < 4.78 is 3.37. The Morgan fingerprint density at radius 2 is 2.15 bits per heavy atom. The second-order valence-electron chi connectivity index (χ2n) is 6.17. The minimum absolute atomic E-state index is 0.578. The second-order valence-corrected chi connectivity index (χ2v) is 7.03. The maximum atomic E-state index is 6.05. The molecule has 3 atom stereocenters. The summed E-state index contributed by atoms with van der Waals surface area (Å²) in [6, 6.07) is 0. The van der Waals surface area contributed by atoms with Crippen molar-refractivity contribution in [3.63, 3.8) is 0 Å². The molecule has 1 saturated carbocycles. The first-order chi connectivity index (χ1) is 9.71. The minimum atomic E-state index is 0.578. The SMILES string of the molecule is CCCC1CCC(CN)C(c2c(Br)cnn2CCC)C1. The van der Waals surface area contributed by atoms with E-state index in [1.165, 1.54) is 42.3 Å². The molecular weight excluding hydrogens is 314 g/mol. The molecule has 1 aromatic rings. The average molecular weight is 342 g/mol. The molecule has 4 heteroatoms. The summed E-state index contributed by atoms with van der Waals surface area (Å²) in [7, 11) is 0. The Balaban J connectivity index is 2.24. The van der Waals surface area contributed by atoms with Crippen molar-refractivity contribution in [3.8, 4) is 0 Å². The molecule has 20 heavy (non-hydrogen) atoms. The summed E-state index contributed by atoms with van der Waals surface area (Å²) in [5, 5.41) is 4.55. The standard InChI is InChI=1S/C16H28BrN3/c1-3-5-12-6-7-13(10-18)14(9-12)16-15(17)11-19-20(16)8-4-2/h11-14H,3-10,18H2,1-2H3. The summed E-state index contributed by atoms with van der Waals surface area (Å²) in [5.41, 5.74) is 7.44. The summed E-state index contributed by atoms with van der Waals surface area (Å²) in [6.07, 6.45) is 9.64. The number of nitrogens with two attached hydrogens (primary N) is 1. The van der Waals surface area contributed by atoms with Crippen LogP contribution in [0.5, 0.6) is 0 Å². The molecule has 2 N–H and O–H groups in total. The number of hydrogen-bond donors (Lipinski definition) is 1. The van der Waals surface area contributed by atoms with Gasteiger partial charge in [-0.1, -0.05) is 33.1 Å². The van der Waals surface area contributed by atoms with E-state index in [1.54, 1.807) is 0 Å². The Kier molecular flexibility index (Phi) is 6.09. The molecule has 3 unspecified atom stereocenters. The van der Waals surface area contributed by atoms with Crippen LogP contribution in [0.15, 0.2) is 10.7 Å². The first kappa shape index (κ1) is 16.0. The Morgan fingerprint density at radius 3 is 2.80 bits per heavy atom. The van der Waals surface area contributed by atoms with E-state index in [1.807, 2.05) is 6.20 Å². The number of nitrogens with zero attached hydrogens (tertiary/aromatic N) is 2. The largest absolute Gasteiger partial charge is 0.330 e. The van der Waals surface area contributed by atoms with Crippen LogP contribution in [-0.2, 0) is 6.54 Å². The molecule has 1 aliphatic carbocycles. The molecule has 0 spiro atoms. The van der Waals surface area contributed by atoms with Crippen LogP contribution in [0, 0.1) is 11.8 Å². The zero-order chi connectivity index (χ0) is 14.5. The highest BCUT2D eigenvalue weighted by Crippen LogP contribution is 2.43. The zero-order valence-electron chi connectivity index (χ0n) is 12.8. The van der Waals surface area contributed by atoms with Gasteiger partial charge in [-0.25, -0.2) is 0 Å². The molecule has 0 radical (unpaired) electrons. The van der Waals surface area contributed by atoms with E-state index < -0.39 is 0 Å². The van der Waals surface area contributed by atoms with Gasteiger partial charge in [0, 0.05) is 12.5 Å². The predicted octanol–water partition coefficient (Wildman–Crippen LogP) is 4.31. The fraction of sp³-hybridized carbons (Fsp3) is 0.812. The lowest BCUT2D eigenvalue weighted by Gasteiger charge is -2.36. The first-order valence-electron chi connectivity index (χ1n) is 8.12. The van der Waals surface area contributed by atoms with E-state index in [2.05, 4.69) is 39.6 Å². The predicted molar refractivity (Wildman–Crippen MR) is 87.8 cm³/mol. The number of aryl methyl sites for hydroxylation is 1. The molecule has 3 nitrogen and oxygen atoms in total. The maximum absolute atomic E-state index is 6.05. The van der Waals surface area contributed by atoms with Crippen LogP contribution < -0.4 is 5.73 Å². The molecule has 0 bridgehead atoms. The van der Waals surface area contributed by atoms with Gasteiger partial charge in [-0.15, -0.1) is 0 Å². The molecule has 2 rings (SSSR count). The molecular formula is C16H28BrN3. The van der Waals surface area contributed by atoms with E-state index in [9.17, 15) is 0 Å². The topological polar surface area (TPSA) is 43.8 Å². The second kappa shape index (κ2) is 7.60. The quantitative estimate of drug-likeness (QED) is 0.837. The van der Waals surface area contributed by atoms with Gasteiger partial charge in [-0.2, -0.15) is 5.10 Å². The van der Waals surface area contributed by atoms with E-state index in [4.69, 9.17) is 5.73 Å². The number of halogens is 1. The van der Waals surface area contributed by atoms with Crippen molar-refractivity contribution in [1.29, 1.82) is 0 Å². The zero-order valence-corrected chi connectivity index (χ0v) is 14.4. The Hall–Kier alpha value is -0.350. The molecule has 0 aliphatic heterocycles. The first-order valence-corrected chi connectivity index (χ1v) is 8.91. The van der Waals surface area contributed by atoms with E-state index >= 15 is 0 Å². The summed E-state index contributed by atoms with van der Waals surface area (Å²) in [6.45, 7) is 6.31. The minimum Gasteiger partial charge on any atom is -0.330 e. The van der Waals surface area contributed by atoms with Crippen molar-refractivity contribution in [3.05, 3.63) is 16.4 Å². The van der Waals surface area contributed by atoms with E-state index in [-0.39, 0.29) is 0 Å². The third-order valence-electron chi connectivity index (χ3n) is 4.72. The van der Waals surface area contributed by atoms with Gasteiger partial charge in [-0.05, 0) is 53.6 Å². The smallest absolute Gasteiger partial charge is 0.0635 e. The van der Waals surface area contributed by atoms with Crippen LogP contribution in [-0.4, -0.2) is 16.3 Å². The molecule has 1 aromatic heterocycles. The molecule has 1 aliphatic rings. The summed E-state index contributed by atoms with van der Waals surface area (Å²) in [5.74, 6) is 2.06. The number of hydrogen-bond acceptors (Lipinski definition) is 2. The van der Waals surface area contributed by atoms with Crippen molar-refractivity contribution < 1.29 is 0 Å². The summed E-state index contributed by atoms with van der Waals surface area (Å²) >= 11 is 3.71. The monoisotopic (exact) mass is 341 g/mol. The van der Waals surface area contributed by atoms with Gasteiger partial charge in [0.1, 0.15) is 0 Å². The van der Waals surface area contributed by atoms with Crippen molar-refractivity contribution in [2.75, 3.05) is 6.54 Å². The Morgan fingerprint density at radius 1 is 1.35 bits per heavy atom. The van der Waals surface area contributed by atoms with Gasteiger partial charge in [0.2, 0.25) is 0 Å². The van der Waals surface area contributed by atoms with Crippen LogP contribution in [0.4, 0.5) is 0 Å². The lowest BCUT2D eigenvalue weighted by Crippen LogP contribution is -2.30. The molecule has 114 valence electrons. The average Bonchev–Trinajstić information content (AvgIpc) is 2.80. The lowest BCUT2D eigenvalue weighted by molar-refractivity contribution is 0.221. The third kappa shape index (κ3) is 3.45. The van der Waals surface area contributed by atoms with Crippen LogP contribution in [0.3, 0.4) is 0 Å². The molecule has 0 aromatic carbocycles. The summed E-state index contributed by atoms with van der Waals surface area (Å²) in [4.78, 5) is 0. The van der Waals surface area contributed by atoms with Gasteiger partial charge >= 0.3 is 0 Å². The highest BCUT2D eigenvalue weighted by atomic mass is 79.9. The highest BCUT2D eigenvalue weighted by molar-refractivity contribution is 9.10. The van der Waals surface area contributed by atoms with E-state index in [0.717, 1.165) is 25.4 Å². The van der Waals surface area contributed by atoms with Gasteiger partial charge in [0.05, 0.1) is 16.4 Å². The van der Waals surface area contributed by atoms with Gasteiger partial charge in [0.25, 0.3) is 0 Å². The fourth-order valence-corrected chi connectivity index (χ4v) is 4.33. The number of rotatable bonds is 6. The van der Waals surface area contributed by atoms with Crippen LogP contribution in [0.25, 0.3) is 0 Å². The molecule has 1 fully saturated rings. The highest BCUT2D eigenvalue weighted by Gasteiger charge is 2.33. The molecule has 0 amide bonds. The van der Waals surface area contributed by atoms with Gasteiger partial charge in [0.15, 0.2) is 0 Å². The Bertz CT molecular complexity index is 416. The van der Waals surface area contributed by atoms with Crippen molar-refractivity contribution in [2.45, 2.75) is 64.8 Å². The van der Waals surface area contributed by atoms with Crippen molar-refractivity contribution in [2.24, 2.45) is 17.6 Å². The van der Waals surface area contributed by atoms with E-state index in [0.29, 0.717) is 11.8 Å². The molecule has 0 saturated heterocycles. The van der Waals surface area contributed by atoms with Crippen LogP contribution in [0.2, 0.25) is 0 Å². The Labute approximate surface area is 131 Å². The molecule has 1 heterocycles. The van der Waals surface area contributed by atoms with Gasteiger partial charge in [-0.3, -0.25) is 4.68 Å². The van der Waals surface area contributed by atoms with Crippen molar-refractivity contribution >= 4 is 15.9 Å². The third-order valence-corrected chi connectivity index (χ3v) is 5.33. The maximum Gasteiger partial charge on any atom is 0.0635 e. The lowest BCUT2D eigenvalue weighted by atomic mass is 9.71. The van der Waals surface area contributed by atoms with Crippen LogP contribution in [0.1, 0.15) is 64.0 Å². The van der Waals surface area contributed by atoms with Crippen molar-refractivity contribution in [1.82, 2.24) is 9.78 Å². The fourth-order valence-electron chi connectivity index (χ4n) is 3.74. The van der Waals surface area contributed by atoms with Gasteiger partial charge < -0.3 is 5.73 Å².